The van der Waals surface area contributed by atoms with Gasteiger partial charge in [-0.25, -0.2) is 4.79 Å². The average molecular weight is 281 g/mol. The van der Waals surface area contributed by atoms with Crippen LogP contribution in [0, 0.1) is 13.8 Å². The predicted molar refractivity (Wildman–Crippen MR) is 76.4 cm³/mol. The maximum absolute atomic E-state index is 11.4. The standard InChI is InChI=1S/C15H17ClO3/c1-7-6-9-10(8(2)12(7)16)11(15(3,4)5)13(19-9)14(17)18/h6H,1-5H3,(H,17,18). The van der Waals surface area contributed by atoms with Gasteiger partial charge in [-0.15, -0.1) is 0 Å². The summed E-state index contributed by atoms with van der Waals surface area (Å²) in [6.07, 6.45) is 0. The van der Waals surface area contributed by atoms with Crippen LogP contribution in [-0.2, 0) is 5.41 Å². The Bertz CT molecular complexity index is 675. The molecule has 1 heterocycles. The first kappa shape index (κ1) is 13.9. The van der Waals surface area contributed by atoms with Gasteiger partial charge in [0.15, 0.2) is 0 Å². The number of rotatable bonds is 1. The quantitative estimate of drug-likeness (QED) is 0.824. The Hall–Kier alpha value is -1.48. The number of halogens is 1. The second-order valence-electron chi connectivity index (χ2n) is 5.87. The molecule has 3 nitrogen and oxygen atoms in total. The molecule has 1 aromatic heterocycles. The molecule has 0 fully saturated rings. The molecule has 0 atom stereocenters. The van der Waals surface area contributed by atoms with Gasteiger partial charge in [0, 0.05) is 16.0 Å². The van der Waals surface area contributed by atoms with Gasteiger partial charge in [0.05, 0.1) is 0 Å². The number of aryl methyl sites for hydroxylation is 2. The van der Waals surface area contributed by atoms with E-state index in [1.165, 1.54) is 0 Å². The molecule has 2 aromatic rings. The summed E-state index contributed by atoms with van der Waals surface area (Å²) in [7, 11) is 0. The lowest BCUT2D eigenvalue weighted by molar-refractivity contribution is 0.0661. The lowest BCUT2D eigenvalue weighted by atomic mass is 9.83. The van der Waals surface area contributed by atoms with E-state index in [9.17, 15) is 9.90 Å². The number of carbonyl (C=O) groups is 1. The molecule has 2 rings (SSSR count). The number of furan rings is 1. The molecule has 19 heavy (non-hydrogen) atoms. The highest BCUT2D eigenvalue weighted by Crippen LogP contribution is 2.40. The fourth-order valence-corrected chi connectivity index (χ4v) is 2.60. The van der Waals surface area contributed by atoms with Crippen LogP contribution in [0.3, 0.4) is 0 Å². The highest BCUT2D eigenvalue weighted by Gasteiger charge is 2.30. The second kappa shape index (κ2) is 4.27. The van der Waals surface area contributed by atoms with Gasteiger partial charge in [0.2, 0.25) is 5.76 Å². The Morgan fingerprint density at radius 1 is 1.32 bits per heavy atom. The Balaban J connectivity index is 3.01. The Kier molecular flexibility index (Phi) is 3.13. The number of hydrogen-bond donors (Lipinski definition) is 1. The molecule has 0 saturated heterocycles. The fourth-order valence-electron chi connectivity index (χ4n) is 2.45. The van der Waals surface area contributed by atoms with Crippen molar-refractivity contribution in [1.29, 1.82) is 0 Å². The average Bonchev–Trinajstić information content (AvgIpc) is 2.65. The monoisotopic (exact) mass is 280 g/mol. The van der Waals surface area contributed by atoms with Crippen LogP contribution in [0.2, 0.25) is 5.02 Å². The van der Waals surface area contributed by atoms with Crippen molar-refractivity contribution in [1.82, 2.24) is 0 Å². The third kappa shape index (κ3) is 2.12. The van der Waals surface area contributed by atoms with Crippen LogP contribution in [0.1, 0.15) is 48.0 Å². The van der Waals surface area contributed by atoms with E-state index in [1.54, 1.807) is 6.07 Å². The summed E-state index contributed by atoms with van der Waals surface area (Å²) in [5.41, 5.74) is 2.72. The Morgan fingerprint density at radius 2 is 1.89 bits per heavy atom. The molecule has 0 aliphatic rings. The summed E-state index contributed by atoms with van der Waals surface area (Å²) in [5, 5.41) is 10.8. The van der Waals surface area contributed by atoms with Crippen LogP contribution in [-0.4, -0.2) is 11.1 Å². The number of fused-ring (bicyclic) bond motifs is 1. The zero-order chi connectivity index (χ0) is 14.5. The molecule has 0 bridgehead atoms. The molecule has 0 spiro atoms. The molecule has 0 aliphatic carbocycles. The van der Waals surface area contributed by atoms with Gasteiger partial charge in [-0.1, -0.05) is 32.4 Å². The van der Waals surface area contributed by atoms with Gasteiger partial charge < -0.3 is 9.52 Å². The van der Waals surface area contributed by atoms with Crippen molar-refractivity contribution < 1.29 is 14.3 Å². The molecule has 0 unspecified atom stereocenters. The van der Waals surface area contributed by atoms with E-state index in [0.717, 1.165) is 16.5 Å². The zero-order valence-electron chi connectivity index (χ0n) is 11.7. The van der Waals surface area contributed by atoms with Crippen molar-refractivity contribution in [2.24, 2.45) is 0 Å². The molecule has 0 radical (unpaired) electrons. The van der Waals surface area contributed by atoms with Crippen LogP contribution < -0.4 is 0 Å². The van der Waals surface area contributed by atoms with Gasteiger partial charge in [-0.3, -0.25) is 0 Å². The summed E-state index contributed by atoms with van der Waals surface area (Å²) in [5.74, 6) is -1.04. The second-order valence-corrected chi connectivity index (χ2v) is 6.24. The molecular formula is C15H17ClO3. The van der Waals surface area contributed by atoms with E-state index < -0.39 is 5.97 Å². The normalized spacial score (nSPS) is 12.1. The lowest BCUT2D eigenvalue weighted by Crippen LogP contribution is -2.15. The van der Waals surface area contributed by atoms with Crippen molar-refractivity contribution in [3.05, 3.63) is 33.5 Å². The first-order valence-electron chi connectivity index (χ1n) is 6.10. The van der Waals surface area contributed by atoms with E-state index in [2.05, 4.69) is 0 Å². The predicted octanol–water partition coefficient (Wildman–Crippen LogP) is 4.70. The topological polar surface area (TPSA) is 50.4 Å². The van der Waals surface area contributed by atoms with Gasteiger partial charge >= 0.3 is 5.97 Å². The molecular weight excluding hydrogens is 264 g/mol. The summed E-state index contributed by atoms with van der Waals surface area (Å²) in [6, 6.07) is 1.80. The molecule has 0 amide bonds. The van der Waals surface area contributed by atoms with Crippen molar-refractivity contribution in [2.75, 3.05) is 0 Å². The molecule has 1 aromatic carbocycles. The van der Waals surface area contributed by atoms with E-state index in [0.29, 0.717) is 16.2 Å². The van der Waals surface area contributed by atoms with E-state index in [4.69, 9.17) is 16.0 Å². The van der Waals surface area contributed by atoms with Gasteiger partial charge in [0.25, 0.3) is 0 Å². The van der Waals surface area contributed by atoms with Crippen LogP contribution in [0.25, 0.3) is 11.0 Å². The molecule has 1 N–H and O–H groups in total. The fraction of sp³-hybridized carbons (Fsp3) is 0.400. The number of benzene rings is 1. The maximum Gasteiger partial charge on any atom is 0.372 e. The third-order valence-corrected chi connectivity index (χ3v) is 3.86. The molecule has 0 saturated carbocycles. The third-order valence-electron chi connectivity index (χ3n) is 3.28. The SMILES string of the molecule is Cc1cc2oc(C(=O)O)c(C(C)(C)C)c2c(C)c1Cl. The van der Waals surface area contributed by atoms with E-state index >= 15 is 0 Å². The molecule has 0 aliphatic heterocycles. The Morgan fingerprint density at radius 3 is 2.37 bits per heavy atom. The summed E-state index contributed by atoms with van der Waals surface area (Å²) < 4.78 is 5.55. The van der Waals surface area contributed by atoms with Crippen molar-refractivity contribution >= 4 is 28.5 Å². The first-order chi connectivity index (χ1) is 8.64. The summed E-state index contributed by atoms with van der Waals surface area (Å²) >= 11 is 6.28. The summed E-state index contributed by atoms with van der Waals surface area (Å²) in [4.78, 5) is 11.4. The van der Waals surface area contributed by atoms with Crippen LogP contribution in [0.5, 0.6) is 0 Å². The Labute approximate surface area is 117 Å². The number of carboxylic acids is 1. The minimum atomic E-state index is -1.05. The zero-order valence-corrected chi connectivity index (χ0v) is 12.5. The lowest BCUT2D eigenvalue weighted by Gasteiger charge is -2.19. The van der Waals surface area contributed by atoms with Crippen molar-refractivity contribution in [3.63, 3.8) is 0 Å². The van der Waals surface area contributed by atoms with E-state index in [1.807, 2.05) is 34.6 Å². The minimum absolute atomic E-state index is 0.00673. The summed E-state index contributed by atoms with van der Waals surface area (Å²) in [6.45, 7) is 9.69. The molecule has 102 valence electrons. The largest absolute Gasteiger partial charge is 0.475 e. The van der Waals surface area contributed by atoms with Crippen LogP contribution in [0.15, 0.2) is 10.5 Å². The van der Waals surface area contributed by atoms with Crippen LogP contribution >= 0.6 is 11.6 Å². The number of carboxylic acid groups (broad SMARTS) is 1. The highest BCUT2D eigenvalue weighted by atomic mass is 35.5. The van der Waals surface area contributed by atoms with Crippen molar-refractivity contribution in [2.45, 2.75) is 40.0 Å². The molecule has 4 heteroatoms. The van der Waals surface area contributed by atoms with Crippen molar-refractivity contribution in [3.8, 4) is 0 Å². The van der Waals surface area contributed by atoms with Gasteiger partial charge in [-0.2, -0.15) is 0 Å². The number of aromatic carboxylic acids is 1. The van der Waals surface area contributed by atoms with Gasteiger partial charge in [0.1, 0.15) is 5.58 Å². The number of hydrogen-bond acceptors (Lipinski definition) is 2. The maximum atomic E-state index is 11.4. The highest BCUT2D eigenvalue weighted by molar-refractivity contribution is 6.33. The van der Waals surface area contributed by atoms with Crippen LogP contribution in [0.4, 0.5) is 0 Å². The van der Waals surface area contributed by atoms with Gasteiger partial charge in [-0.05, 0) is 36.5 Å². The van der Waals surface area contributed by atoms with E-state index in [-0.39, 0.29) is 11.2 Å². The smallest absolute Gasteiger partial charge is 0.372 e. The first-order valence-corrected chi connectivity index (χ1v) is 6.48. The minimum Gasteiger partial charge on any atom is -0.475 e.